The average molecular weight is 1660 g/mol. The molecule has 116 heavy (non-hydrogen) atoms. The zero-order chi connectivity index (χ0) is 83.8. The van der Waals surface area contributed by atoms with Gasteiger partial charge in [-0.05, 0) is 94.8 Å². The van der Waals surface area contributed by atoms with E-state index in [0.717, 1.165) is 154 Å². The molecular weight excluding hydrogens is 1470 g/mol. The van der Waals surface area contributed by atoms with E-state index in [9.17, 15) is 59.4 Å². The Morgan fingerprint density at radius 3 is 0.319 bits per heavy atom. The van der Waals surface area contributed by atoms with Crippen molar-refractivity contribution in [1.29, 1.82) is 0 Å². The Bertz CT molecular complexity index is 1740. The van der Waals surface area contributed by atoms with Crippen molar-refractivity contribution in [2.24, 2.45) is 17.8 Å². The van der Waals surface area contributed by atoms with Crippen molar-refractivity contribution >= 4 is 70.5 Å². The number of carbonyl (C=O) groups excluding carboxylic acids is 6. The summed E-state index contributed by atoms with van der Waals surface area (Å²) in [6.07, 6.45) is 107. The van der Waals surface area contributed by atoms with E-state index < -0.39 is 35.8 Å². The van der Waals surface area contributed by atoms with Crippen LogP contribution in [0.5, 0.6) is 0 Å². The van der Waals surface area contributed by atoms with Gasteiger partial charge in [0, 0.05) is 35.8 Å². The second-order valence-electron chi connectivity index (χ2n) is 35.7. The molecule has 3 unspecified atom stereocenters. The van der Waals surface area contributed by atoms with Crippen molar-refractivity contribution in [1.82, 2.24) is 0 Å². The molecule has 14 heteroatoms. The molecule has 0 bridgehead atoms. The number of rotatable bonds is 96. The summed E-state index contributed by atoms with van der Waals surface area (Å²) >= 11 is 0. The third-order valence-corrected chi connectivity index (χ3v) is 24.5. The van der Waals surface area contributed by atoms with Crippen LogP contribution >= 0.6 is 0 Å². The van der Waals surface area contributed by atoms with Crippen LogP contribution in [-0.2, 0) is 28.8 Å². The Morgan fingerprint density at radius 2 is 0.233 bits per heavy atom. The van der Waals surface area contributed by atoms with Crippen LogP contribution in [0.15, 0.2) is 0 Å². The van der Waals surface area contributed by atoms with E-state index in [-0.39, 0.29) is 71.7 Å². The molecule has 0 rings (SSSR count). The number of carboxylic acid groups (broad SMARTS) is 6. The quantitative estimate of drug-likeness (QED) is 0.0408. The van der Waals surface area contributed by atoms with Gasteiger partial charge in [-0.3, -0.25) is 0 Å². The minimum Gasteiger partial charge on any atom is -0.550 e. The SMILES string of the molecule is CCCCCCCCCCCCCCCCC(CCCCCCCCCCCCCCCC(=O)[O-])C(=O)[O-].CCCCCCCCCCCCCCCCC(CCCCCCCCCCCCCCCC(=O)[O-])C(=O)[O-].CCCCCCCCCCCCCCCCC(CCCCCCCCCCCCCCCC(=O)[O-])C(=O)[O-].[Al+3].[Al+3]. The molecule has 0 aliphatic carbocycles. The van der Waals surface area contributed by atoms with E-state index in [4.69, 9.17) is 0 Å². The number of aliphatic carboxylic acids is 6. The van der Waals surface area contributed by atoms with Crippen molar-refractivity contribution in [3.63, 3.8) is 0 Å². The summed E-state index contributed by atoms with van der Waals surface area (Å²) in [7, 11) is 0. The van der Waals surface area contributed by atoms with Gasteiger partial charge in [-0.25, -0.2) is 0 Å². The Kier molecular flexibility index (Phi) is 113. The molecule has 0 saturated heterocycles. The molecule has 0 aliphatic heterocycles. The van der Waals surface area contributed by atoms with Crippen LogP contribution in [0.3, 0.4) is 0 Å². The van der Waals surface area contributed by atoms with Gasteiger partial charge in [0.05, 0.1) is 0 Å². The number of hydrogen-bond acceptors (Lipinski definition) is 12. The summed E-state index contributed by atoms with van der Waals surface area (Å²) < 4.78 is 0. The van der Waals surface area contributed by atoms with Crippen LogP contribution in [0.2, 0.25) is 0 Å². The summed E-state index contributed by atoms with van der Waals surface area (Å²) in [6.45, 7) is 6.82. The third kappa shape index (κ3) is 110. The molecule has 0 amide bonds. The Morgan fingerprint density at radius 1 is 0.147 bits per heavy atom. The Labute approximate surface area is 741 Å². The fraction of sp³-hybridized carbons (Fsp3) is 0.941. The van der Waals surface area contributed by atoms with E-state index >= 15 is 0 Å². The first-order chi connectivity index (χ1) is 55.7. The average Bonchev–Trinajstić information content (AvgIpc) is 0.978. The molecular formula is C102H192Al2O12. The molecule has 0 aromatic rings. The van der Waals surface area contributed by atoms with Crippen LogP contribution in [0, 0.1) is 17.8 Å². The second kappa shape index (κ2) is 107. The molecule has 0 spiro atoms. The van der Waals surface area contributed by atoms with Crippen LogP contribution in [0.4, 0.5) is 0 Å². The number of carboxylic acids is 6. The number of unbranched alkanes of at least 4 members (excludes halogenated alkanes) is 75. The predicted molar refractivity (Wildman–Crippen MR) is 485 cm³/mol. The van der Waals surface area contributed by atoms with Crippen molar-refractivity contribution < 1.29 is 59.4 Å². The van der Waals surface area contributed by atoms with E-state index in [1.165, 1.54) is 405 Å². The molecule has 0 aliphatic rings. The number of carbonyl (C=O) groups is 6. The first-order valence-corrected chi connectivity index (χ1v) is 50.9. The van der Waals surface area contributed by atoms with Crippen LogP contribution in [0.1, 0.15) is 599 Å². The van der Waals surface area contributed by atoms with Gasteiger partial charge in [-0.15, -0.1) is 0 Å². The maximum absolute atomic E-state index is 11.5. The van der Waals surface area contributed by atoms with Gasteiger partial charge in [0.1, 0.15) is 0 Å². The fourth-order valence-corrected chi connectivity index (χ4v) is 16.7. The smallest absolute Gasteiger partial charge is 0.550 e. The van der Waals surface area contributed by atoms with E-state index in [1.54, 1.807) is 0 Å². The van der Waals surface area contributed by atoms with Crippen molar-refractivity contribution in [3.8, 4) is 0 Å². The molecule has 0 saturated carbocycles. The van der Waals surface area contributed by atoms with Crippen LogP contribution in [-0.4, -0.2) is 70.5 Å². The maximum atomic E-state index is 11.5. The summed E-state index contributed by atoms with van der Waals surface area (Å²) in [4.78, 5) is 65.6. The maximum Gasteiger partial charge on any atom is 3.00 e. The summed E-state index contributed by atoms with van der Waals surface area (Å²) in [6, 6.07) is 0. The molecule has 0 heterocycles. The molecule has 0 radical (unpaired) electrons. The zero-order valence-electron chi connectivity index (χ0n) is 77.4. The predicted octanol–water partition coefficient (Wildman–Crippen LogP) is 25.7. The first-order valence-electron chi connectivity index (χ1n) is 50.9. The van der Waals surface area contributed by atoms with Crippen molar-refractivity contribution in [2.75, 3.05) is 0 Å². The largest absolute Gasteiger partial charge is 3.00 e. The van der Waals surface area contributed by atoms with Gasteiger partial charge in [-0.1, -0.05) is 522 Å². The summed E-state index contributed by atoms with van der Waals surface area (Å²) in [5.74, 6) is -6.01. The molecule has 0 fully saturated rings. The minimum absolute atomic E-state index is 0. The van der Waals surface area contributed by atoms with Crippen LogP contribution in [0.25, 0.3) is 0 Å². The Balaban J connectivity index is -0.000000527. The van der Waals surface area contributed by atoms with Gasteiger partial charge in [0.15, 0.2) is 0 Å². The van der Waals surface area contributed by atoms with Gasteiger partial charge in [-0.2, -0.15) is 0 Å². The number of hydrogen-bond donors (Lipinski definition) is 0. The molecule has 0 aromatic heterocycles. The van der Waals surface area contributed by atoms with Gasteiger partial charge < -0.3 is 59.4 Å². The standard InChI is InChI=1S/3C34H66O4.2Al/c3*1-2-3-4-5-6-7-8-9-11-14-17-20-23-26-29-32(34(37)38)30-27-24-21-18-15-12-10-13-16-19-22-25-28-31-33(35)36;;/h3*32H,2-31H2,1H3,(H,35,36)(H,37,38);;/q;;;2*+3/p-6. The molecule has 0 N–H and O–H groups in total. The summed E-state index contributed by atoms with van der Waals surface area (Å²) in [5.41, 5.74) is 0. The third-order valence-electron chi connectivity index (χ3n) is 24.5. The van der Waals surface area contributed by atoms with Gasteiger partial charge in [0.25, 0.3) is 0 Å². The normalized spacial score (nSPS) is 11.9. The van der Waals surface area contributed by atoms with Crippen molar-refractivity contribution in [2.45, 2.75) is 599 Å². The van der Waals surface area contributed by atoms with Gasteiger partial charge in [0.2, 0.25) is 0 Å². The second-order valence-corrected chi connectivity index (χ2v) is 35.7. The molecule has 0 aromatic carbocycles. The first kappa shape index (κ1) is 122. The Hall–Kier alpha value is -2.12. The van der Waals surface area contributed by atoms with E-state index in [1.807, 2.05) is 0 Å². The summed E-state index contributed by atoms with van der Waals surface area (Å²) in [5, 5.41) is 65.6. The monoisotopic (exact) mass is 1660 g/mol. The molecule has 678 valence electrons. The minimum atomic E-state index is -0.927. The fourth-order valence-electron chi connectivity index (χ4n) is 16.7. The molecule has 3 atom stereocenters. The molecule has 12 nitrogen and oxygen atoms in total. The topological polar surface area (TPSA) is 241 Å². The zero-order valence-corrected chi connectivity index (χ0v) is 79.7. The van der Waals surface area contributed by atoms with Gasteiger partial charge >= 0.3 is 34.7 Å². The van der Waals surface area contributed by atoms with Crippen molar-refractivity contribution in [3.05, 3.63) is 0 Å². The van der Waals surface area contributed by atoms with E-state index in [0.29, 0.717) is 0 Å². The van der Waals surface area contributed by atoms with E-state index in [2.05, 4.69) is 20.8 Å². The van der Waals surface area contributed by atoms with Crippen LogP contribution < -0.4 is 30.6 Å².